The van der Waals surface area contributed by atoms with E-state index in [4.69, 9.17) is 0 Å². The fourth-order valence-corrected chi connectivity index (χ4v) is 5.51. The zero-order valence-corrected chi connectivity index (χ0v) is 18.4. The lowest BCUT2D eigenvalue weighted by molar-refractivity contribution is 0.0938. The number of rotatable bonds is 5. The molecule has 8 heteroatoms. The van der Waals surface area contributed by atoms with Gasteiger partial charge in [0.15, 0.2) is 0 Å². The first-order valence-corrected chi connectivity index (χ1v) is 11.7. The van der Waals surface area contributed by atoms with E-state index in [1.807, 2.05) is 37.3 Å². The van der Waals surface area contributed by atoms with Crippen LogP contribution in [0.5, 0.6) is 0 Å². The highest BCUT2D eigenvalue weighted by Gasteiger charge is 2.28. The average Bonchev–Trinajstić information content (AvgIpc) is 3.32. The molecule has 7 nitrogen and oxygen atoms in total. The predicted molar refractivity (Wildman–Crippen MR) is 120 cm³/mol. The van der Waals surface area contributed by atoms with E-state index in [9.17, 15) is 18.0 Å². The maximum Gasteiger partial charge on any atom is 0.257 e. The summed E-state index contributed by atoms with van der Waals surface area (Å²) in [5.41, 5.74) is 0.989. The van der Waals surface area contributed by atoms with Crippen molar-refractivity contribution in [2.45, 2.75) is 30.7 Å². The van der Waals surface area contributed by atoms with Gasteiger partial charge in [0.1, 0.15) is 5.56 Å². The number of aromatic nitrogens is 1. The van der Waals surface area contributed by atoms with Gasteiger partial charge in [-0.3, -0.25) is 9.59 Å². The minimum absolute atomic E-state index is 0.0199. The molecule has 1 fully saturated rings. The Bertz CT molecular complexity index is 1290. The molecule has 162 valence electrons. The number of carbonyl (C=O) groups is 1. The molecular formula is C23H25N3O4S. The summed E-state index contributed by atoms with van der Waals surface area (Å²) in [5, 5.41) is 3.07. The Morgan fingerprint density at radius 2 is 1.74 bits per heavy atom. The van der Waals surface area contributed by atoms with Crippen LogP contribution in [0.15, 0.2) is 64.4 Å². The monoisotopic (exact) mass is 439 g/mol. The van der Waals surface area contributed by atoms with E-state index < -0.39 is 21.4 Å². The predicted octanol–water partition coefficient (Wildman–Crippen LogP) is 2.81. The maximum absolute atomic E-state index is 13.2. The van der Waals surface area contributed by atoms with Crippen LogP contribution in [-0.2, 0) is 17.1 Å². The van der Waals surface area contributed by atoms with Gasteiger partial charge in [0.25, 0.3) is 5.91 Å². The number of sulfonamides is 1. The van der Waals surface area contributed by atoms with Crippen molar-refractivity contribution >= 4 is 26.8 Å². The third-order valence-electron chi connectivity index (χ3n) is 5.75. The molecule has 1 N–H and O–H groups in total. The van der Waals surface area contributed by atoms with Crippen molar-refractivity contribution < 1.29 is 13.2 Å². The number of nitrogens with zero attached hydrogens (tertiary/aromatic N) is 2. The lowest BCUT2D eigenvalue weighted by Crippen LogP contribution is -2.32. The van der Waals surface area contributed by atoms with Gasteiger partial charge in [0.05, 0.1) is 16.5 Å². The van der Waals surface area contributed by atoms with Crippen LogP contribution in [0.4, 0.5) is 0 Å². The molecule has 1 amide bonds. The third kappa shape index (κ3) is 4.00. The summed E-state index contributed by atoms with van der Waals surface area (Å²) in [6, 6.07) is 13.7. The molecule has 0 aliphatic carbocycles. The van der Waals surface area contributed by atoms with E-state index in [-0.39, 0.29) is 21.9 Å². The minimum atomic E-state index is -3.66. The van der Waals surface area contributed by atoms with Crippen molar-refractivity contribution in [3.8, 4) is 0 Å². The molecule has 2 aromatic carbocycles. The van der Waals surface area contributed by atoms with Crippen molar-refractivity contribution in [1.29, 1.82) is 0 Å². The van der Waals surface area contributed by atoms with Gasteiger partial charge in [-0.2, -0.15) is 4.31 Å². The van der Waals surface area contributed by atoms with Crippen LogP contribution in [-0.4, -0.2) is 36.3 Å². The smallest absolute Gasteiger partial charge is 0.257 e. The number of nitrogens with one attached hydrogen (secondary N) is 1. The van der Waals surface area contributed by atoms with Crippen LogP contribution in [0.2, 0.25) is 0 Å². The van der Waals surface area contributed by atoms with Crippen LogP contribution in [0, 0.1) is 0 Å². The van der Waals surface area contributed by atoms with E-state index in [1.54, 1.807) is 17.7 Å². The molecule has 3 aromatic rings. The molecule has 1 aromatic heterocycles. The zero-order valence-electron chi connectivity index (χ0n) is 17.5. The Morgan fingerprint density at radius 1 is 1.06 bits per heavy atom. The molecule has 0 spiro atoms. The van der Waals surface area contributed by atoms with Gasteiger partial charge in [-0.25, -0.2) is 8.42 Å². The van der Waals surface area contributed by atoms with Gasteiger partial charge in [-0.15, -0.1) is 0 Å². The fraction of sp³-hybridized carbons (Fsp3) is 0.304. The molecule has 2 heterocycles. The molecule has 0 bridgehead atoms. The lowest BCUT2D eigenvalue weighted by atomic mass is 10.1. The van der Waals surface area contributed by atoms with Gasteiger partial charge in [-0.05, 0) is 43.5 Å². The summed E-state index contributed by atoms with van der Waals surface area (Å²) in [6.07, 6.45) is 3.16. The molecule has 0 unspecified atom stereocenters. The van der Waals surface area contributed by atoms with Gasteiger partial charge < -0.3 is 9.88 Å². The van der Waals surface area contributed by atoms with Gasteiger partial charge in [0, 0.05) is 31.7 Å². The summed E-state index contributed by atoms with van der Waals surface area (Å²) in [7, 11) is -1.93. The zero-order chi connectivity index (χ0) is 22.2. The Labute approximate surface area is 181 Å². The molecule has 1 aliphatic heterocycles. The summed E-state index contributed by atoms with van der Waals surface area (Å²) < 4.78 is 29.0. The van der Waals surface area contributed by atoms with Crippen molar-refractivity contribution in [2.75, 3.05) is 13.1 Å². The summed E-state index contributed by atoms with van der Waals surface area (Å²) >= 11 is 0. The normalized spacial score (nSPS) is 15.8. The average molecular weight is 440 g/mol. The number of hydrogen-bond acceptors (Lipinski definition) is 4. The van der Waals surface area contributed by atoms with Gasteiger partial charge in [0.2, 0.25) is 15.5 Å². The van der Waals surface area contributed by atoms with Crippen LogP contribution >= 0.6 is 0 Å². The van der Waals surface area contributed by atoms with Crippen molar-refractivity contribution in [3.05, 3.63) is 76.1 Å². The summed E-state index contributed by atoms with van der Waals surface area (Å²) in [5.74, 6) is -0.494. The quantitative estimate of drug-likeness (QED) is 0.662. The first kappa shape index (κ1) is 21.3. The number of aryl methyl sites for hydroxylation is 1. The number of fused-ring (bicyclic) bond motifs is 1. The summed E-state index contributed by atoms with van der Waals surface area (Å²) in [4.78, 5) is 26.1. The Morgan fingerprint density at radius 3 is 2.42 bits per heavy atom. The number of pyridine rings is 1. The third-order valence-corrected chi connectivity index (χ3v) is 7.65. The molecule has 0 saturated carbocycles. The van der Waals surface area contributed by atoms with Crippen LogP contribution in [0.25, 0.3) is 10.9 Å². The van der Waals surface area contributed by atoms with E-state index in [0.717, 1.165) is 18.4 Å². The van der Waals surface area contributed by atoms with Crippen LogP contribution < -0.4 is 10.7 Å². The van der Waals surface area contributed by atoms with E-state index in [1.165, 1.54) is 22.6 Å². The van der Waals surface area contributed by atoms with Crippen LogP contribution in [0.3, 0.4) is 0 Å². The highest BCUT2D eigenvalue weighted by molar-refractivity contribution is 7.89. The Balaban J connectivity index is 1.73. The molecule has 0 radical (unpaired) electrons. The number of benzene rings is 2. The topological polar surface area (TPSA) is 88.5 Å². The van der Waals surface area contributed by atoms with Crippen LogP contribution in [0.1, 0.15) is 41.7 Å². The number of carbonyl (C=O) groups excluding carboxylic acids is 1. The Hall–Kier alpha value is -2.97. The highest BCUT2D eigenvalue weighted by Crippen LogP contribution is 2.23. The van der Waals surface area contributed by atoms with Crippen molar-refractivity contribution in [3.63, 3.8) is 0 Å². The SMILES string of the molecule is C[C@@H](NC(=O)c1cn(C)c2ccc(S(=O)(=O)N3CCCC3)cc2c1=O)c1ccccc1. The second kappa shape index (κ2) is 8.28. The van der Waals surface area contributed by atoms with E-state index in [2.05, 4.69) is 5.32 Å². The molecule has 1 aliphatic rings. The first-order valence-electron chi connectivity index (χ1n) is 10.3. The number of amides is 1. The first-order chi connectivity index (χ1) is 14.8. The Kier molecular flexibility index (Phi) is 5.68. The second-order valence-corrected chi connectivity index (χ2v) is 9.82. The van der Waals surface area contributed by atoms with E-state index in [0.29, 0.717) is 18.6 Å². The standard InChI is InChI=1S/C23H25N3O4S/c1-16(17-8-4-3-5-9-17)24-23(28)20-15-25(2)21-11-10-18(14-19(21)22(20)27)31(29,30)26-12-6-7-13-26/h3-5,8-11,14-16H,6-7,12-13H2,1-2H3,(H,24,28)/t16-/m1/s1. The fourth-order valence-electron chi connectivity index (χ4n) is 3.97. The molecule has 31 heavy (non-hydrogen) atoms. The molecule has 1 atom stereocenters. The minimum Gasteiger partial charge on any atom is -0.350 e. The molecular weight excluding hydrogens is 414 g/mol. The highest BCUT2D eigenvalue weighted by atomic mass is 32.2. The second-order valence-electron chi connectivity index (χ2n) is 7.88. The van der Waals surface area contributed by atoms with Crippen molar-refractivity contribution in [1.82, 2.24) is 14.2 Å². The molecule has 4 rings (SSSR count). The number of hydrogen-bond donors (Lipinski definition) is 1. The van der Waals surface area contributed by atoms with Gasteiger partial charge in [-0.1, -0.05) is 30.3 Å². The maximum atomic E-state index is 13.2. The lowest BCUT2D eigenvalue weighted by Gasteiger charge is -2.17. The largest absolute Gasteiger partial charge is 0.350 e. The van der Waals surface area contributed by atoms with Crippen molar-refractivity contribution in [2.24, 2.45) is 7.05 Å². The summed E-state index contributed by atoms with van der Waals surface area (Å²) in [6.45, 7) is 2.82. The van der Waals surface area contributed by atoms with Gasteiger partial charge >= 0.3 is 0 Å². The van der Waals surface area contributed by atoms with E-state index >= 15 is 0 Å². The molecule has 1 saturated heterocycles.